The van der Waals surface area contributed by atoms with Gasteiger partial charge in [-0.05, 0) is 30.0 Å². The third-order valence-corrected chi connectivity index (χ3v) is 5.06. The number of aromatic nitrogens is 5. The van der Waals surface area contributed by atoms with Gasteiger partial charge in [0, 0.05) is 17.2 Å². The molecule has 0 fully saturated rings. The van der Waals surface area contributed by atoms with Gasteiger partial charge in [-0.2, -0.15) is 0 Å². The van der Waals surface area contributed by atoms with Crippen molar-refractivity contribution in [1.29, 1.82) is 0 Å². The first-order chi connectivity index (χ1) is 13.5. The fraction of sp³-hybridized carbons (Fsp3) is 0.238. The van der Waals surface area contributed by atoms with Gasteiger partial charge < -0.3 is 4.42 Å². The molecule has 0 saturated heterocycles. The van der Waals surface area contributed by atoms with Crippen molar-refractivity contribution in [3.05, 3.63) is 72.6 Å². The van der Waals surface area contributed by atoms with E-state index in [0.717, 1.165) is 33.2 Å². The molecule has 0 amide bonds. The summed E-state index contributed by atoms with van der Waals surface area (Å²) in [6.07, 6.45) is 3.47. The lowest BCUT2D eigenvalue weighted by Gasteiger charge is -2.16. The molecule has 0 bridgehead atoms. The lowest BCUT2D eigenvalue weighted by Crippen LogP contribution is -2.15. The first-order valence-electron chi connectivity index (χ1n) is 9.03. The summed E-state index contributed by atoms with van der Waals surface area (Å²) in [5.41, 5.74) is 0.889. The van der Waals surface area contributed by atoms with Crippen LogP contribution in [-0.2, 0) is 12.0 Å². The maximum atomic E-state index is 5.56. The van der Waals surface area contributed by atoms with Crippen molar-refractivity contribution in [2.24, 2.45) is 0 Å². The standard InChI is InChI=1S/C21H21N5OS/c1-21(2,3)19-22-12-11-17(23-19)28-20-25-24-18(15-8-5-4-6-9-15)26(20)14-16-10-7-13-27-16/h4-13H,14H2,1-3H3. The van der Waals surface area contributed by atoms with E-state index in [0.29, 0.717) is 6.54 Å². The van der Waals surface area contributed by atoms with Crippen LogP contribution in [0.25, 0.3) is 11.4 Å². The maximum Gasteiger partial charge on any atom is 0.198 e. The minimum absolute atomic E-state index is 0.117. The zero-order chi connectivity index (χ0) is 19.6. The van der Waals surface area contributed by atoms with Crippen LogP contribution in [0.2, 0.25) is 0 Å². The Labute approximate surface area is 168 Å². The molecule has 0 aliphatic rings. The summed E-state index contributed by atoms with van der Waals surface area (Å²) in [7, 11) is 0. The quantitative estimate of drug-likeness (QED) is 0.454. The average Bonchev–Trinajstić information content (AvgIpc) is 3.33. The number of hydrogen-bond donors (Lipinski definition) is 0. The topological polar surface area (TPSA) is 69.6 Å². The Balaban J connectivity index is 1.72. The summed E-state index contributed by atoms with van der Waals surface area (Å²) < 4.78 is 7.61. The summed E-state index contributed by atoms with van der Waals surface area (Å²) in [6.45, 7) is 6.85. The molecular weight excluding hydrogens is 370 g/mol. The molecule has 0 aliphatic carbocycles. The third-order valence-electron chi connectivity index (χ3n) is 4.14. The van der Waals surface area contributed by atoms with Crippen LogP contribution < -0.4 is 0 Å². The molecular formula is C21H21N5OS. The molecule has 0 spiro atoms. The van der Waals surface area contributed by atoms with E-state index in [2.05, 4.69) is 40.5 Å². The van der Waals surface area contributed by atoms with Crippen LogP contribution in [0.4, 0.5) is 0 Å². The molecule has 0 N–H and O–H groups in total. The van der Waals surface area contributed by atoms with Crippen molar-refractivity contribution in [3.63, 3.8) is 0 Å². The van der Waals surface area contributed by atoms with E-state index < -0.39 is 0 Å². The van der Waals surface area contributed by atoms with Crippen LogP contribution in [0.1, 0.15) is 32.4 Å². The fourth-order valence-electron chi connectivity index (χ4n) is 2.72. The van der Waals surface area contributed by atoms with Gasteiger partial charge in [0.25, 0.3) is 0 Å². The number of rotatable bonds is 5. The van der Waals surface area contributed by atoms with Crippen LogP contribution in [-0.4, -0.2) is 24.7 Å². The Hall–Kier alpha value is -2.93. The van der Waals surface area contributed by atoms with Gasteiger partial charge in [-0.15, -0.1) is 10.2 Å². The molecule has 3 heterocycles. The van der Waals surface area contributed by atoms with Crippen molar-refractivity contribution in [2.75, 3.05) is 0 Å². The van der Waals surface area contributed by atoms with Crippen LogP contribution in [0.3, 0.4) is 0 Å². The number of nitrogens with zero attached hydrogens (tertiary/aromatic N) is 5. The van der Waals surface area contributed by atoms with Gasteiger partial charge in [-0.1, -0.05) is 51.1 Å². The van der Waals surface area contributed by atoms with E-state index in [4.69, 9.17) is 9.40 Å². The monoisotopic (exact) mass is 391 g/mol. The van der Waals surface area contributed by atoms with Gasteiger partial charge in [0.1, 0.15) is 16.6 Å². The summed E-state index contributed by atoms with van der Waals surface area (Å²) in [4.78, 5) is 9.11. The third kappa shape index (κ3) is 3.99. The van der Waals surface area contributed by atoms with Crippen molar-refractivity contribution < 1.29 is 4.42 Å². The molecule has 1 aromatic carbocycles. The minimum Gasteiger partial charge on any atom is -0.467 e. The normalized spacial score (nSPS) is 11.7. The highest BCUT2D eigenvalue weighted by Gasteiger charge is 2.20. The molecule has 0 aliphatic heterocycles. The van der Waals surface area contributed by atoms with E-state index >= 15 is 0 Å². The van der Waals surface area contributed by atoms with Gasteiger partial charge >= 0.3 is 0 Å². The van der Waals surface area contributed by atoms with Gasteiger partial charge in [0.2, 0.25) is 0 Å². The Morgan fingerprint density at radius 2 is 1.82 bits per heavy atom. The second-order valence-corrected chi connectivity index (χ2v) is 8.40. The lowest BCUT2D eigenvalue weighted by molar-refractivity contribution is 0.485. The van der Waals surface area contributed by atoms with Crippen LogP contribution in [0, 0.1) is 0 Å². The predicted molar refractivity (Wildman–Crippen MR) is 108 cm³/mol. The van der Waals surface area contributed by atoms with Crippen LogP contribution >= 0.6 is 11.8 Å². The predicted octanol–water partition coefficient (Wildman–Crippen LogP) is 4.83. The minimum atomic E-state index is -0.117. The largest absolute Gasteiger partial charge is 0.467 e. The Bertz CT molecular complexity index is 1050. The highest BCUT2D eigenvalue weighted by molar-refractivity contribution is 7.99. The summed E-state index contributed by atoms with van der Waals surface area (Å²) in [5, 5.41) is 10.5. The van der Waals surface area contributed by atoms with Crippen LogP contribution in [0.5, 0.6) is 0 Å². The summed E-state index contributed by atoms with van der Waals surface area (Å²) in [6, 6.07) is 15.8. The SMILES string of the molecule is CC(C)(C)c1nccc(Sc2nnc(-c3ccccc3)n2Cc2ccco2)n1. The Morgan fingerprint density at radius 3 is 2.54 bits per heavy atom. The summed E-state index contributed by atoms with van der Waals surface area (Å²) in [5.74, 6) is 2.44. The van der Waals surface area contributed by atoms with Crippen LogP contribution in [0.15, 0.2) is 75.6 Å². The second kappa shape index (κ2) is 7.59. The first kappa shape index (κ1) is 18.4. The highest BCUT2D eigenvalue weighted by atomic mass is 32.2. The Kier molecular flexibility index (Phi) is 5.00. The molecule has 0 atom stereocenters. The van der Waals surface area contributed by atoms with Gasteiger partial charge in [-0.3, -0.25) is 4.57 Å². The molecule has 0 saturated carbocycles. The van der Waals surface area contributed by atoms with E-state index in [9.17, 15) is 0 Å². The first-order valence-corrected chi connectivity index (χ1v) is 9.85. The van der Waals surface area contributed by atoms with Crippen molar-refractivity contribution in [1.82, 2.24) is 24.7 Å². The molecule has 0 radical (unpaired) electrons. The van der Waals surface area contributed by atoms with E-state index in [1.807, 2.05) is 48.5 Å². The molecule has 4 rings (SSSR count). The van der Waals surface area contributed by atoms with E-state index in [1.165, 1.54) is 11.8 Å². The Morgan fingerprint density at radius 1 is 1.00 bits per heavy atom. The molecule has 3 aromatic heterocycles. The van der Waals surface area contributed by atoms with E-state index in [1.54, 1.807) is 12.5 Å². The zero-order valence-corrected chi connectivity index (χ0v) is 16.8. The molecule has 142 valence electrons. The van der Waals surface area contributed by atoms with Gasteiger partial charge in [-0.25, -0.2) is 9.97 Å². The molecule has 0 unspecified atom stereocenters. The maximum absolute atomic E-state index is 5.56. The molecule has 7 heteroatoms. The number of furan rings is 1. The average molecular weight is 392 g/mol. The number of hydrogen-bond acceptors (Lipinski definition) is 6. The second-order valence-electron chi connectivity index (χ2n) is 7.41. The fourth-order valence-corrected chi connectivity index (χ4v) is 3.51. The smallest absolute Gasteiger partial charge is 0.198 e. The van der Waals surface area contributed by atoms with E-state index in [-0.39, 0.29) is 5.41 Å². The summed E-state index contributed by atoms with van der Waals surface area (Å²) >= 11 is 1.48. The molecule has 6 nitrogen and oxygen atoms in total. The van der Waals surface area contributed by atoms with Crippen molar-refractivity contribution in [3.8, 4) is 11.4 Å². The molecule has 4 aromatic rings. The van der Waals surface area contributed by atoms with Crippen molar-refractivity contribution >= 4 is 11.8 Å². The van der Waals surface area contributed by atoms with Crippen molar-refractivity contribution in [2.45, 2.75) is 42.9 Å². The highest BCUT2D eigenvalue weighted by Crippen LogP contribution is 2.30. The lowest BCUT2D eigenvalue weighted by atomic mass is 9.96. The molecule has 28 heavy (non-hydrogen) atoms. The number of benzene rings is 1. The van der Waals surface area contributed by atoms with Gasteiger partial charge in [0.05, 0.1) is 12.8 Å². The van der Waals surface area contributed by atoms with Gasteiger partial charge in [0.15, 0.2) is 11.0 Å². The zero-order valence-electron chi connectivity index (χ0n) is 16.0.